The average Bonchev–Trinajstić information content (AvgIpc) is 2.89. The van der Waals surface area contributed by atoms with Gasteiger partial charge >= 0.3 is 0 Å². The largest absolute Gasteiger partial charge is 0.386 e. The Bertz CT molecular complexity index is 312. The summed E-state index contributed by atoms with van der Waals surface area (Å²) in [6.07, 6.45) is 2.22. The van der Waals surface area contributed by atoms with E-state index in [0.29, 0.717) is 12.6 Å². The Kier molecular flexibility index (Phi) is 4.00. The molecule has 0 aromatic carbocycles. The summed E-state index contributed by atoms with van der Waals surface area (Å²) in [5.41, 5.74) is 0. The number of aliphatic hydroxyl groups excluding tert-OH is 1. The molecule has 16 heavy (non-hydrogen) atoms. The van der Waals surface area contributed by atoms with Crippen LogP contribution in [-0.2, 0) is 0 Å². The summed E-state index contributed by atoms with van der Waals surface area (Å²) in [6, 6.07) is 4.57. The Morgan fingerprint density at radius 1 is 1.50 bits per heavy atom. The van der Waals surface area contributed by atoms with Gasteiger partial charge in [-0.2, -0.15) is 0 Å². The molecule has 1 heterocycles. The van der Waals surface area contributed by atoms with E-state index >= 15 is 0 Å². The molecule has 0 aliphatic heterocycles. The molecule has 0 radical (unpaired) electrons. The van der Waals surface area contributed by atoms with Crippen molar-refractivity contribution in [3.63, 3.8) is 0 Å². The summed E-state index contributed by atoms with van der Waals surface area (Å²) in [5.74, 6) is 1.55. The van der Waals surface area contributed by atoms with Crippen LogP contribution in [0.4, 0.5) is 0 Å². The molecule has 1 aliphatic rings. The number of aliphatic hydroxyl groups is 1. The van der Waals surface area contributed by atoms with Crippen molar-refractivity contribution in [2.45, 2.75) is 38.8 Å². The van der Waals surface area contributed by atoms with Crippen molar-refractivity contribution in [1.29, 1.82) is 0 Å². The van der Waals surface area contributed by atoms with E-state index in [1.165, 1.54) is 12.8 Å². The predicted molar refractivity (Wildman–Crippen MR) is 68.6 cm³/mol. The highest BCUT2D eigenvalue weighted by Crippen LogP contribution is 2.31. The quantitative estimate of drug-likeness (QED) is 0.847. The summed E-state index contributed by atoms with van der Waals surface area (Å²) in [5, 5.41) is 15.5. The van der Waals surface area contributed by atoms with E-state index < -0.39 is 0 Å². The minimum atomic E-state index is -0.344. The van der Waals surface area contributed by atoms with Crippen molar-refractivity contribution < 1.29 is 5.11 Å². The van der Waals surface area contributed by atoms with Crippen molar-refractivity contribution in [3.8, 4) is 0 Å². The maximum absolute atomic E-state index is 9.97. The van der Waals surface area contributed by atoms with Crippen molar-refractivity contribution in [1.82, 2.24) is 5.32 Å². The van der Waals surface area contributed by atoms with Gasteiger partial charge in [-0.1, -0.05) is 19.9 Å². The Labute approximate surface area is 102 Å². The SMILES string of the molecule is CC1CCC(NCC(O)c2cccs2)C1C. The lowest BCUT2D eigenvalue weighted by molar-refractivity contribution is 0.169. The van der Waals surface area contributed by atoms with Crippen LogP contribution in [0.5, 0.6) is 0 Å². The fourth-order valence-electron chi connectivity index (χ4n) is 2.50. The van der Waals surface area contributed by atoms with E-state index in [1.54, 1.807) is 11.3 Å². The molecule has 90 valence electrons. The fourth-order valence-corrected chi connectivity index (χ4v) is 3.21. The smallest absolute Gasteiger partial charge is 0.101 e. The second-order valence-electron chi connectivity index (χ2n) is 4.96. The molecular formula is C13H21NOS. The third kappa shape index (κ3) is 2.65. The Morgan fingerprint density at radius 3 is 2.88 bits per heavy atom. The van der Waals surface area contributed by atoms with Crippen LogP contribution in [0, 0.1) is 11.8 Å². The van der Waals surface area contributed by atoms with Gasteiger partial charge in [-0.3, -0.25) is 0 Å². The molecule has 0 spiro atoms. The van der Waals surface area contributed by atoms with Crippen LogP contribution in [-0.4, -0.2) is 17.7 Å². The van der Waals surface area contributed by atoms with Gasteiger partial charge in [-0.05, 0) is 36.1 Å². The van der Waals surface area contributed by atoms with Crippen molar-refractivity contribution >= 4 is 11.3 Å². The van der Waals surface area contributed by atoms with E-state index in [2.05, 4.69) is 19.2 Å². The first-order valence-corrected chi connectivity index (χ1v) is 7.01. The van der Waals surface area contributed by atoms with E-state index in [-0.39, 0.29) is 6.10 Å². The van der Waals surface area contributed by atoms with Gasteiger partial charge in [0.25, 0.3) is 0 Å². The van der Waals surface area contributed by atoms with Gasteiger partial charge < -0.3 is 10.4 Å². The van der Waals surface area contributed by atoms with Gasteiger partial charge in [0.1, 0.15) is 6.10 Å². The molecule has 2 N–H and O–H groups in total. The second kappa shape index (κ2) is 5.30. The Balaban J connectivity index is 1.79. The molecular weight excluding hydrogens is 218 g/mol. The van der Waals surface area contributed by atoms with Crippen LogP contribution in [0.2, 0.25) is 0 Å². The lowest BCUT2D eigenvalue weighted by Crippen LogP contribution is -2.35. The van der Waals surface area contributed by atoms with Crippen LogP contribution in [0.25, 0.3) is 0 Å². The standard InChI is InChI=1S/C13H21NOS/c1-9-5-6-11(10(9)2)14-8-12(15)13-4-3-7-16-13/h3-4,7,9-12,14-15H,5-6,8H2,1-2H3. The van der Waals surface area contributed by atoms with E-state index in [4.69, 9.17) is 0 Å². The van der Waals surface area contributed by atoms with Gasteiger partial charge in [0.15, 0.2) is 0 Å². The Hall–Kier alpha value is -0.380. The van der Waals surface area contributed by atoms with Gasteiger partial charge in [0, 0.05) is 17.5 Å². The van der Waals surface area contributed by atoms with Crippen LogP contribution in [0.1, 0.15) is 37.7 Å². The Morgan fingerprint density at radius 2 is 2.31 bits per heavy atom. The maximum atomic E-state index is 9.97. The second-order valence-corrected chi connectivity index (χ2v) is 5.94. The maximum Gasteiger partial charge on any atom is 0.101 e. The highest BCUT2D eigenvalue weighted by atomic mass is 32.1. The molecule has 1 aromatic heterocycles. The normalized spacial score (nSPS) is 31.8. The van der Waals surface area contributed by atoms with Crippen LogP contribution in [0.15, 0.2) is 17.5 Å². The summed E-state index contributed by atoms with van der Waals surface area (Å²) in [7, 11) is 0. The van der Waals surface area contributed by atoms with E-state index in [9.17, 15) is 5.11 Å². The zero-order valence-corrected chi connectivity index (χ0v) is 10.8. The van der Waals surface area contributed by atoms with Gasteiger partial charge in [0.2, 0.25) is 0 Å². The minimum absolute atomic E-state index is 0.344. The molecule has 0 amide bonds. The lowest BCUT2D eigenvalue weighted by atomic mass is 9.98. The van der Waals surface area contributed by atoms with Crippen LogP contribution >= 0.6 is 11.3 Å². The summed E-state index contributed by atoms with van der Waals surface area (Å²) in [4.78, 5) is 1.06. The van der Waals surface area contributed by atoms with E-state index in [1.807, 2.05) is 17.5 Å². The van der Waals surface area contributed by atoms with Gasteiger partial charge in [0.05, 0.1) is 0 Å². The minimum Gasteiger partial charge on any atom is -0.386 e. The predicted octanol–water partition coefficient (Wildman–Crippen LogP) is 2.81. The average molecular weight is 239 g/mol. The first-order chi connectivity index (χ1) is 7.68. The number of nitrogens with one attached hydrogen (secondary N) is 1. The summed E-state index contributed by atoms with van der Waals surface area (Å²) in [6.45, 7) is 5.32. The number of hydrogen-bond donors (Lipinski definition) is 2. The molecule has 1 fully saturated rings. The topological polar surface area (TPSA) is 32.3 Å². The number of hydrogen-bond acceptors (Lipinski definition) is 3. The fraction of sp³-hybridized carbons (Fsp3) is 0.692. The van der Waals surface area contributed by atoms with Gasteiger partial charge in [-0.15, -0.1) is 11.3 Å². The molecule has 3 heteroatoms. The molecule has 1 saturated carbocycles. The summed E-state index contributed by atoms with van der Waals surface area (Å²) < 4.78 is 0. The molecule has 1 aromatic rings. The number of thiophene rings is 1. The highest BCUT2D eigenvalue weighted by molar-refractivity contribution is 7.10. The van der Waals surface area contributed by atoms with E-state index in [0.717, 1.165) is 16.7 Å². The van der Waals surface area contributed by atoms with Crippen LogP contribution in [0.3, 0.4) is 0 Å². The van der Waals surface area contributed by atoms with Crippen molar-refractivity contribution in [2.24, 2.45) is 11.8 Å². The molecule has 1 aliphatic carbocycles. The summed E-state index contributed by atoms with van der Waals surface area (Å²) >= 11 is 1.62. The molecule has 4 unspecified atom stereocenters. The lowest BCUT2D eigenvalue weighted by Gasteiger charge is -2.21. The third-order valence-electron chi connectivity index (χ3n) is 3.91. The molecule has 4 atom stereocenters. The molecule has 2 nitrogen and oxygen atoms in total. The zero-order valence-electron chi connectivity index (χ0n) is 10.0. The zero-order chi connectivity index (χ0) is 11.5. The van der Waals surface area contributed by atoms with Gasteiger partial charge in [-0.25, -0.2) is 0 Å². The first-order valence-electron chi connectivity index (χ1n) is 6.13. The van der Waals surface area contributed by atoms with Crippen LogP contribution < -0.4 is 5.32 Å². The number of rotatable bonds is 4. The highest BCUT2D eigenvalue weighted by Gasteiger charge is 2.29. The third-order valence-corrected chi connectivity index (χ3v) is 4.88. The van der Waals surface area contributed by atoms with Crippen molar-refractivity contribution in [3.05, 3.63) is 22.4 Å². The van der Waals surface area contributed by atoms with Crippen molar-refractivity contribution in [2.75, 3.05) is 6.54 Å². The molecule has 2 rings (SSSR count). The molecule has 0 bridgehead atoms. The monoisotopic (exact) mass is 239 g/mol. The molecule has 0 saturated heterocycles. The first kappa shape index (κ1) is 12.1.